The largest absolute Gasteiger partial charge is 0.497 e. The number of hydrogen-bond donors (Lipinski definition) is 1. The summed E-state index contributed by atoms with van der Waals surface area (Å²) in [6, 6.07) is 13.7. The van der Waals surface area contributed by atoms with Crippen molar-refractivity contribution >= 4 is 27.5 Å². The van der Waals surface area contributed by atoms with Gasteiger partial charge < -0.3 is 9.64 Å². The van der Waals surface area contributed by atoms with Crippen molar-refractivity contribution in [2.24, 2.45) is 0 Å². The van der Waals surface area contributed by atoms with E-state index in [0.717, 1.165) is 11.3 Å². The highest BCUT2D eigenvalue weighted by molar-refractivity contribution is 7.89. The van der Waals surface area contributed by atoms with Gasteiger partial charge in [-0.15, -0.1) is 0 Å². The maximum atomic E-state index is 12.4. The minimum Gasteiger partial charge on any atom is -0.497 e. The van der Waals surface area contributed by atoms with Crippen molar-refractivity contribution in [2.45, 2.75) is 24.8 Å². The maximum absolute atomic E-state index is 12.4. The Morgan fingerprint density at radius 1 is 1.15 bits per heavy atom. The molecule has 0 saturated heterocycles. The van der Waals surface area contributed by atoms with Gasteiger partial charge in [-0.05, 0) is 36.8 Å². The number of carbonyl (C=O) groups excluding carboxylic acids is 1. The second-order valence-corrected chi connectivity index (χ2v) is 7.98. The first-order valence-electron chi connectivity index (χ1n) is 8.52. The van der Waals surface area contributed by atoms with Crippen LogP contribution in [0.15, 0.2) is 53.4 Å². The fraction of sp³-hybridized carbons (Fsp3) is 0.316. The van der Waals surface area contributed by atoms with Crippen molar-refractivity contribution in [1.82, 2.24) is 9.62 Å². The minimum atomic E-state index is -3.75. The van der Waals surface area contributed by atoms with E-state index in [-0.39, 0.29) is 28.8 Å². The Labute approximate surface area is 165 Å². The molecule has 27 heavy (non-hydrogen) atoms. The first kappa shape index (κ1) is 21.2. The Morgan fingerprint density at radius 3 is 2.41 bits per heavy atom. The maximum Gasteiger partial charge on any atom is 0.242 e. The van der Waals surface area contributed by atoms with E-state index in [1.54, 1.807) is 24.1 Å². The molecule has 0 aliphatic rings. The lowest BCUT2D eigenvalue weighted by Gasteiger charge is -2.21. The first-order valence-corrected chi connectivity index (χ1v) is 10.4. The molecule has 0 aliphatic carbocycles. The van der Waals surface area contributed by atoms with Crippen molar-refractivity contribution < 1.29 is 17.9 Å². The van der Waals surface area contributed by atoms with Crippen LogP contribution in [0.2, 0.25) is 5.02 Å². The molecule has 1 N–H and O–H groups in total. The van der Waals surface area contributed by atoms with Gasteiger partial charge in [0.2, 0.25) is 15.9 Å². The van der Waals surface area contributed by atoms with Gasteiger partial charge in [0.05, 0.1) is 12.1 Å². The second-order valence-electron chi connectivity index (χ2n) is 5.83. The van der Waals surface area contributed by atoms with Crippen LogP contribution < -0.4 is 9.46 Å². The number of sulfonamides is 1. The van der Waals surface area contributed by atoms with Crippen molar-refractivity contribution in [3.8, 4) is 5.75 Å². The predicted octanol–water partition coefficient (Wildman–Crippen LogP) is 3.07. The number of amides is 1. The van der Waals surface area contributed by atoms with Crippen LogP contribution in [-0.2, 0) is 21.4 Å². The lowest BCUT2D eigenvalue weighted by atomic mass is 10.2. The third kappa shape index (κ3) is 5.95. The molecule has 2 aromatic rings. The summed E-state index contributed by atoms with van der Waals surface area (Å²) >= 11 is 5.93. The molecule has 146 valence electrons. The van der Waals surface area contributed by atoms with E-state index >= 15 is 0 Å². The Balaban J connectivity index is 1.91. The molecular formula is C19H23ClN2O4S. The summed E-state index contributed by atoms with van der Waals surface area (Å²) in [5.74, 6) is 0.622. The quantitative estimate of drug-likeness (QED) is 0.689. The van der Waals surface area contributed by atoms with Crippen LogP contribution in [0.25, 0.3) is 0 Å². The molecule has 2 rings (SSSR count). The number of rotatable bonds is 9. The average Bonchev–Trinajstić information content (AvgIpc) is 2.66. The number of hydrogen-bond acceptors (Lipinski definition) is 4. The first-order chi connectivity index (χ1) is 12.9. The summed E-state index contributed by atoms with van der Waals surface area (Å²) in [6.07, 6.45) is 0.0632. The number of nitrogens with one attached hydrogen (secondary N) is 1. The van der Waals surface area contributed by atoms with Crippen LogP contribution >= 0.6 is 11.6 Å². The van der Waals surface area contributed by atoms with Gasteiger partial charge in [-0.2, -0.15) is 0 Å². The lowest BCUT2D eigenvalue weighted by molar-refractivity contribution is -0.131. The van der Waals surface area contributed by atoms with Gasteiger partial charge in [0, 0.05) is 26.1 Å². The number of carbonyl (C=O) groups is 1. The summed E-state index contributed by atoms with van der Waals surface area (Å²) in [5.41, 5.74) is 0.975. The van der Waals surface area contributed by atoms with Crippen LogP contribution in [-0.4, -0.2) is 39.4 Å². The van der Waals surface area contributed by atoms with Gasteiger partial charge in [0.25, 0.3) is 0 Å². The number of benzene rings is 2. The van der Waals surface area contributed by atoms with E-state index in [1.165, 1.54) is 12.1 Å². The molecule has 6 nitrogen and oxygen atoms in total. The number of halogens is 1. The average molecular weight is 411 g/mol. The van der Waals surface area contributed by atoms with E-state index in [9.17, 15) is 13.2 Å². The van der Waals surface area contributed by atoms with Gasteiger partial charge in [-0.1, -0.05) is 35.9 Å². The fourth-order valence-corrected chi connectivity index (χ4v) is 4.07. The number of methoxy groups -OCH3 is 1. The Morgan fingerprint density at radius 2 is 1.81 bits per heavy atom. The molecule has 0 saturated carbocycles. The third-order valence-corrected chi connectivity index (χ3v) is 5.98. The van der Waals surface area contributed by atoms with E-state index < -0.39 is 10.0 Å². The van der Waals surface area contributed by atoms with Crippen LogP contribution in [0, 0.1) is 0 Å². The summed E-state index contributed by atoms with van der Waals surface area (Å²) in [4.78, 5) is 14.1. The number of nitrogens with zero attached hydrogens (tertiary/aromatic N) is 1. The molecule has 0 fully saturated rings. The molecular weight excluding hydrogens is 388 g/mol. The van der Waals surface area contributed by atoms with E-state index in [0.29, 0.717) is 13.1 Å². The molecule has 1 amide bonds. The molecule has 0 heterocycles. The molecule has 0 aromatic heterocycles. The van der Waals surface area contributed by atoms with Crippen LogP contribution in [0.1, 0.15) is 18.9 Å². The van der Waals surface area contributed by atoms with E-state index in [1.807, 2.05) is 31.2 Å². The molecule has 0 atom stereocenters. The SMILES string of the molecule is CCN(Cc1ccc(OC)cc1)C(=O)CCNS(=O)(=O)c1ccccc1Cl. The highest BCUT2D eigenvalue weighted by Crippen LogP contribution is 2.20. The smallest absolute Gasteiger partial charge is 0.242 e. The van der Waals surface area contributed by atoms with Crippen molar-refractivity contribution in [1.29, 1.82) is 0 Å². The van der Waals surface area contributed by atoms with Crippen LogP contribution in [0.3, 0.4) is 0 Å². The molecule has 8 heteroatoms. The van der Waals surface area contributed by atoms with E-state index in [2.05, 4.69) is 4.72 Å². The second kappa shape index (κ2) is 9.73. The molecule has 0 spiro atoms. The molecule has 0 bridgehead atoms. The third-order valence-electron chi connectivity index (χ3n) is 4.02. The monoisotopic (exact) mass is 410 g/mol. The van der Waals surface area contributed by atoms with E-state index in [4.69, 9.17) is 16.3 Å². The van der Waals surface area contributed by atoms with Crippen LogP contribution in [0.5, 0.6) is 5.75 Å². The highest BCUT2D eigenvalue weighted by Gasteiger charge is 2.18. The molecule has 2 aromatic carbocycles. The topological polar surface area (TPSA) is 75.7 Å². The molecule has 0 unspecified atom stereocenters. The standard InChI is InChI=1S/C19H23ClN2O4S/c1-3-22(14-15-8-10-16(26-2)11-9-15)19(23)12-13-21-27(24,25)18-7-5-4-6-17(18)20/h4-11,21H,3,12-14H2,1-2H3. The van der Waals surface area contributed by atoms with Crippen LogP contribution in [0.4, 0.5) is 0 Å². The van der Waals surface area contributed by atoms with Gasteiger partial charge in [0.1, 0.15) is 10.6 Å². The summed E-state index contributed by atoms with van der Waals surface area (Å²) in [6.45, 7) is 2.87. The zero-order chi connectivity index (χ0) is 19.9. The Hall–Kier alpha value is -2.09. The summed E-state index contributed by atoms with van der Waals surface area (Å²) in [5, 5.41) is 0.144. The molecule has 0 aliphatic heterocycles. The zero-order valence-electron chi connectivity index (χ0n) is 15.3. The van der Waals surface area contributed by atoms with Crippen molar-refractivity contribution in [2.75, 3.05) is 20.2 Å². The lowest BCUT2D eigenvalue weighted by Crippen LogP contribution is -2.34. The Kier molecular flexibility index (Phi) is 7.65. The van der Waals surface area contributed by atoms with Crippen molar-refractivity contribution in [3.05, 3.63) is 59.1 Å². The fourth-order valence-electron chi connectivity index (χ4n) is 2.52. The number of ether oxygens (including phenoxy) is 1. The summed E-state index contributed by atoms with van der Waals surface area (Å²) < 4.78 is 32.1. The summed E-state index contributed by atoms with van der Waals surface area (Å²) in [7, 11) is -2.15. The van der Waals surface area contributed by atoms with Gasteiger partial charge in [-0.3, -0.25) is 4.79 Å². The highest BCUT2D eigenvalue weighted by atomic mass is 35.5. The Bertz CT molecular complexity index is 870. The zero-order valence-corrected chi connectivity index (χ0v) is 16.9. The molecule has 0 radical (unpaired) electrons. The van der Waals surface area contributed by atoms with Gasteiger partial charge in [-0.25, -0.2) is 13.1 Å². The minimum absolute atomic E-state index is 0.00435. The van der Waals surface area contributed by atoms with Crippen molar-refractivity contribution in [3.63, 3.8) is 0 Å². The van der Waals surface area contributed by atoms with Gasteiger partial charge in [0.15, 0.2) is 0 Å². The predicted molar refractivity (Wildman–Crippen MR) is 105 cm³/mol. The normalized spacial score (nSPS) is 11.2. The van der Waals surface area contributed by atoms with Gasteiger partial charge >= 0.3 is 0 Å².